The van der Waals surface area contributed by atoms with Gasteiger partial charge in [-0.25, -0.2) is 9.59 Å². The molecule has 0 bridgehead atoms. The van der Waals surface area contributed by atoms with Crippen LogP contribution in [0.15, 0.2) is 12.1 Å². The normalized spacial score (nSPS) is 13.1. The van der Waals surface area contributed by atoms with Gasteiger partial charge in [0.1, 0.15) is 5.56 Å². The first kappa shape index (κ1) is 17.4. The summed E-state index contributed by atoms with van der Waals surface area (Å²) in [6.07, 6.45) is 0. The van der Waals surface area contributed by atoms with Crippen molar-refractivity contribution in [1.82, 2.24) is 0 Å². The standard InChI is InChI=1S/C13H16N2O7/c1-7-4-8(14-6-13(2,19)12(17)18)5-9(11(16)22-3)10(7)15(20)21/h4-5,14,19H,6H2,1-3H3,(H,17,18). The molecule has 0 aliphatic rings. The molecule has 1 rings (SSSR count). The molecule has 1 atom stereocenters. The number of aryl methyl sites for hydroxylation is 1. The van der Waals surface area contributed by atoms with Crippen LogP contribution in [0.5, 0.6) is 0 Å². The van der Waals surface area contributed by atoms with Gasteiger partial charge in [-0.3, -0.25) is 10.1 Å². The van der Waals surface area contributed by atoms with E-state index in [2.05, 4.69) is 10.1 Å². The Balaban J connectivity index is 3.19. The summed E-state index contributed by atoms with van der Waals surface area (Å²) in [5.74, 6) is -2.31. The minimum absolute atomic E-state index is 0.199. The van der Waals surface area contributed by atoms with Crippen molar-refractivity contribution in [3.63, 3.8) is 0 Å². The molecule has 0 saturated heterocycles. The fourth-order valence-electron chi connectivity index (χ4n) is 1.74. The highest BCUT2D eigenvalue weighted by Crippen LogP contribution is 2.28. The molecule has 1 aromatic rings. The van der Waals surface area contributed by atoms with Gasteiger partial charge in [0.05, 0.1) is 18.6 Å². The molecule has 0 aliphatic heterocycles. The molecular formula is C13H16N2O7. The second kappa shape index (κ2) is 6.39. The highest BCUT2D eigenvalue weighted by molar-refractivity contribution is 5.95. The number of methoxy groups -OCH3 is 1. The van der Waals surface area contributed by atoms with Gasteiger partial charge >= 0.3 is 11.9 Å². The van der Waals surface area contributed by atoms with E-state index in [-0.39, 0.29) is 29.0 Å². The molecule has 9 heteroatoms. The first-order valence-corrected chi connectivity index (χ1v) is 6.17. The number of carbonyl (C=O) groups excluding carboxylic acids is 1. The van der Waals surface area contributed by atoms with Crippen LogP contribution in [0.2, 0.25) is 0 Å². The summed E-state index contributed by atoms with van der Waals surface area (Å²) in [7, 11) is 1.09. The zero-order valence-electron chi connectivity index (χ0n) is 12.2. The zero-order chi connectivity index (χ0) is 17.1. The number of aliphatic hydroxyl groups is 1. The molecule has 3 N–H and O–H groups in total. The van der Waals surface area contributed by atoms with Gasteiger partial charge in [-0.1, -0.05) is 0 Å². The molecule has 0 saturated carbocycles. The van der Waals surface area contributed by atoms with E-state index in [4.69, 9.17) is 5.11 Å². The summed E-state index contributed by atoms with van der Waals surface area (Å²) >= 11 is 0. The van der Waals surface area contributed by atoms with Crippen LogP contribution in [0.25, 0.3) is 0 Å². The largest absolute Gasteiger partial charge is 0.479 e. The Kier molecular flexibility index (Phi) is 5.05. The van der Waals surface area contributed by atoms with Gasteiger partial charge in [0.25, 0.3) is 5.69 Å². The smallest absolute Gasteiger partial charge is 0.344 e. The number of carboxylic acids is 1. The predicted octanol–water partition coefficient (Wildman–Crippen LogP) is 0.937. The summed E-state index contributed by atoms with van der Waals surface area (Å²) in [6, 6.07) is 2.55. The van der Waals surface area contributed by atoms with Gasteiger partial charge in [0.15, 0.2) is 5.60 Å². The Bertz CT molecular complexity index is 625. The second-order valence-corrected chi connectivity index (χ2v) is 4.87. The lowest BCUT2D eigenvalue weighted by Crippen LogP contribution is -2.41. The van der Waals surface area contributed by atoms with E-state index in [0.717, 1.165) is 14.0 Å². The third-order valence-electron chi connectivity index (χ3n) is 2.99. The van der Waals surface area contributed by atoms with Gasteiger partial charge in [0, 0.05) is 11.3 Å². The van der Waals surface area contributed by atoms with Crippen molar-refractivity contribution in [1.29, 1.82) is 0 Å². The molecule has 9 nitrogen and oxygen atoms in total. The van der Waals surface area contributed by atoms with Crippen molar-refractivity contribution in [2.45, 2.75) is 19.4 Å². The molecule has 0 amide bonds. The lowest BCUT2D eigenvalue weighted by Gasteiger charge is -2.19. The molecule has 0 fully saturated rings. The number of nitrogens with one attached hydrogen (secondary N) is 1. The number of hydrogen-bond acceptors (Lipinski definition) is 7. The summed E-state index contributed by atoms with van der Waals surface area (Å²) in [4.78, 5) is 32.8. The monoisotopic (exact) mass is 312 g/mol. The molecular weight excluding hydrogens is 296 g/mol. The van der Waals surface area contributed by atoms with Gasteiger partial charge in [-0.15, -0.1) is 0 Å². The van der Waals surface area contributed by atoms with Crippen molar-refractivity contribution in [3.05, 3.63) is 33.4 Å². The Hall–Kier alpha value is -2.68. The number of benzene rings is 1. The first-order valence-electron chi connectivity index (χ1n) is 6.17. The highest BCUT2D eigenvalue weighted by Gasteiger charge is 2.30. The Morgan fingerprint density at radius 3 is 2.50 bits per heavy atom. The number of carbonyl (C=O) groups is 2. The van der Waals surface area contributed by atoms with Crippen LogP contribution in [-0.4, -0.2) is 46.3 Å². The summed E-state index contributed by atoms with van der Waals surface area (Å²) in [5.41, 5.74) is -2.22. The van der Waals surface area contributed by atoms with Crippen molar-refractivity contribution in [2.24, 2.45) is 0 Å². The van der Waals surface area contributed by atoms with Crippen LogP contribution < -0.4 is 5.32 Å². The molecule has 0 aliphatic carbocycles. The quantitative estimate of drug-likeness (QED) is 0.400. The van der Waals surface area contributed by atoms with Crippen LogP contribution in [-0.2, 0) is 9.53 Å². The number of nitro groups is 1. The zero-order valence-corrected chi connectivity index (χ0v) is 12.2. The maximum atomic E-state index is 11.7. The summed E-state index contributed by atoms with van der Waals surface area (Å²) < 4.78 is 4.51. The van der Waals surface area contributed by atoms with Crippen molar-refractivity contribution >= 4 is 23.3 Å². The van der Waals surface area contributed by atoms with E-state index >= 15 is 0 Å². The maximum absolute atomic E-state index is 11.7. The number of aliphatic carboxylic acids is 1. The molecule has 0 aromatic heterocycles. The van der Waals surface area contributed by atoms with E-state index < -0.39 is 22.5 Å². The van der Waals surface area contributed by atoms with E-state index in [1.54, 1.807) is 0 Å². The topological polar surface area (TPSA) is 139 Å². The van der Waals surface area contributed by atoms with Crippen molar-refractivity contribution in [2.75, 3.05) is 19.0 Å². The Morgan fingerprint density at radius 1 is 1.45 bits per heavy atom. The SMILES string of the molecule is COC(=O)c1cc(NCC(C)(O)C(=O)O)cc(C)c1[N+](=O)[O-]. The highest BCUT2D eigenvalue weighted by atomic mass is 16.6. The van der Waals surface area contributed by atoms with Crippen LogP contribution in [0, 0.1) is 17.0 Å². The minimum Gasteiger partial charge on any atom is -0.479 e. The molecule has 120 valence electrons. The van der Waals surface area contributed by atoms with E-state index in [1.165, 1.54) is 19.1 Å². The van der Waals surface area contributed by atoms with Crippen LogP contribution in [0.4, 0.5) is 11.4 Å². The fourth-order valence-corrected chi connectivity index (χ4v) is 1.74. The molecule has 0 heterocycles. The number of hydrogen-bond donors (Lipinski definition) is 3. The van der Waals surface area contributed by atoms with Gasteiger partial charge in [-0.05, 0) is 26.0 Å². The number of nitrogens with zero attached hydrogens (tertiary/aromatic N) is 1. The molecule has 0 radical (unpaired) electrons. The Labute approximate surface area is 125 Å². The van der Waals surface area contributed by atoms with Crippen molar-refractivity contribution < 1.29 is 29.5 Å². The molecule has 22 heavy (non-hydrogen) atoms. The van der Waals surface area contributed by atoms with Crippen LogP contribution in [0.1, 0.15) is 22.8 Å². The van der Waals surface area contributed by atoms with Gasteiger partial charge in [-0.2, -0.15) is 0 Å². The molecule has 1 unspecified atom stereocenters. The van der Waals surface area contributed by atoms with E-state index in [0.29, 0.717) is 0 Å². The number of anilines is 1. The third-order valence-corrected chi connectivity index (χ3v) is 2.99. The number of nitro benzene ring substituents is 1. The summed E-state index contributed by atoms with van der Waals surface area (Å²) in [6.45, 7) is 2.19. The number of esters is 1. The lowest BCUT2D eigenvalue weighted by atomic mass is 10.0. The maximum Gasteiger partial charge on any atom is 0.344 e. The molecule has 1 aromatic carbocycles. The average Bonchev–Trinajstić information content (AvgIpc) is 2.42. The predicted molar refractivity (Wildman–Crippen MR) is 75.9 cm³/mol. The second-order valence-electron chi connectivity index (χ2n) is 4.87. The summed E-state index contributed by atoms with van der Waals surface area (Å²) in [5, 5.41) is 32.1. The van der Waals surface area contributed by atoms with Crippen LogP contribution in [0.3, 0.4) is 0 Å². The van der Waals surface area contributed by atoms with Crippen molar-refractivity contribution in [3.8, 4) is 0 Å². The fraction of sp³-hybridized carbons (Fsp3) is 0.385. The Morgan fingerprint density at radius 2 is 2.05 bits per heavy atom. The number of rotatable bonds is 6. The minimum atomic E-state index is -2.03. The molecule has 0 spiro atoms. The first-order chi connectivity index (χ1) is 10.1. The van der Waals surface area contributed by atoms with Gasteiger partial charge < -0.3 is 20.3 Å². The van der Waals surface area contributed by atoms with E-state index in [9.17, 15) is 24.8 Å². The van der Waals surface area contributed by atoms with E-state index in [1.807, 2.05) is 0 Å². The van der Waals surface area contributed by atoms with Gasteiger partial charge in [0.2, 0.25) is 0 Å². The lowest BCUT2D eigenvalue weighted by molar-refractivity contribution is -0.385. The number of carboxylic acid groups (broad SMARTS) is 1. The number of ether oxygens (including phenoxy) is 1. The van der Waals surface area contributed by atoms with Crippen LogP contribution >= 0.6 is 0 Å². The average molecular weight is 312 g/mol. The third kappa shape index (κ3) is 3.70.